The smallest absolute Gasteiger partial charge is 0.262 e. The van der Waals surface area contributed by atoms with Gasteiger partial charge in [0.1, 0.15) is 11.2 Å². The maximum absolute atomic E-state index is 12.4. The van der Waals surface area contributed by atoms with Crippen molar-refractivity contribution >= 4 is 23.1 Å². The molecule has 5 aromatic rings. The molecule has 2 N–H and O–H groups in total. The van der Waals surface area contributed by atoms with Crippen LogP contribution in [0.25, 0.3) is 28.3 Å². The van der Waals surface area contributed by atoms with Crippen molar-refractivity contribution in [3.63, 3.8) is 0 Å². The standard InChI is InChI=1S/C23H19N9O3/c1-31-11-8-23(34,21(31)33)20-12-17(30-35-20)15-5-2-4-14(27-15)16-7-10-24-22(28-16)29-18-13-26-32-19(18)6-3-9-25-32/h2-7,9-10,12-13,34H,8,11H2,1H3,(H,24,28,29)/t23-/m1/s1. The normalized spacial score (nSPS) is 17.9. The van der Waals surface area contributed by atoms with E-state index in [4.69, 9.17) is 4.52 Å². The molecule has 1 fully saturated rings. The lowest BCUT2D eigenvalue weighted by molar-refractivity contribution is -0.144. The average molecular weight is 469 g/mol. The number of nitrogens with one attached hydrogen (secondary N) is 1. The SMILES string of the molecule is CN1CC[C@@](O)(c2cc(-c3cccc(-c4ccnc(Nc5cnn6ncccc56)n4)n3)no2)C1=O. The lowest BCUT2D eigenvalue weighted by Crippen LogP contribution is -2.35. The molecule has 174 valence electrons. The van der Waals surface area contributed by atoms with Crippen LogP contribution < -0.4 is 5.32 Å². The van der Waals surface area contributed by atoms with Crippen LogP contribution in [0, 0.1) is 0 Å². The number of carbonyl (C=O) groups is 1. The monoisotopic (exact) mass is 469 g/mol. The van der Waals surface area contributed by atoms with Crippen LogP contribution in [-0.2, 0) is 10.4 Å². The molecule has 12 nitrogen and oxygen atoms in total. The number of rotatable bonds is 5. The Hall–Kier alpha value is -4.71. The number of fused-ring (bicyclic) bond motifs is 1. The molecule has 0 bridgehead atoms. The number of likely N-dealkylation sites (N-methyl/N-ethyl adjacent to an activating group) is 1. The number of aliphatic hydroxyl groups is 1. The molecular formula is C23H19N9O3. The zero-order valence-electron chi connectivity index (χ0n) is 18.5. The highest BCUT2D eigenvalue weighted by molar-refractivity contribution is 5.87. The van der Waals surface area contributed by atoms with E-state index in [-0.39, 0.29) is 12.2 Å². The predicted octanol–water partition coefficient (Wildman–Crippen LogP) is 2.03. The van der Waals surface area contributed by atoms with Crippen molar-refractivity contribution in [2.75, 3.05) is 18.9 Å². The number of pyridine rings is 1. The van der Waals surface area contributed by atoms with Gasteiger partial charge in [-0.05, 0) is 30.3 Å². The van der Waals surface area contributed by atoms with E-state index in [0.29, 0.717) is 35.3 Å². The molecule has 0 aliphatic carbocycles. The van der Waals surface area contributed by atoms with Gasteiger partial charge in [-0.25, -0.2) is 15.0 Å². The Balaban J connectivity index is 1.28. The summed E-state index contributed by atoms with van der Waals surface area (Å²) in [7, 11) is 1.64. The van der Waals surface area contributed by atoms with Gasteiger partial charge in [-0.2, -0.15) is 10.2 Å². The number of nitrogens with zero attached hydrogens (tertiary/aromatic N) is 8. The number of likely N-dealkylation sites (tertiary alicyclic amines) is 1. The summed E-state index contributed by atoms with van der Waals surface area (Å²) < 4.78 is 6.86. The van der Waals surface area contributed by atoms with Crippen molar-refractivity contribution in [1.29, 1.82) is 0 Å². The van der Waals surface area contributed by atoms with Crippen molar-refractivity contribution in [2.24, 2.45) is 0 Å². The maximum atomic E-state index is 12.4. The summed E-state index contributed by atoms with van der Waals surface area (Å²) in [5.74, 6) is 0.0682. The van der Waals surface area contributed by atoms with Crippen LogP contribution in [0.1, 0.15) is 12.2 Å². The van der Waals surface area contributed by atoms with E-state index >= 15 is 0 Å². The van der Waals surface area contributed by atoms with Crippen LogP contribution in [0.15, 0.2) is 65.6 Å². The summed E-state index contributed by atoms with van der Waals surface area (Å²) in [5.41, 5.74) is 1.90. The number of anilines is 2. The van der Waals surface area contributed by atoms with Gasteiger partial charge in [-0.15, -0.1) is 4.63 Å². The Kier molecular flexibility index (Phi) is 4.74. The maximum Gasteiger partial charge on any atom is 0.262 e. The topological polar surface area (TPSA) is 147 Å². The number of carbonyl (C=O) groups excluding carboxylic acids is 1. The minimum atomic E-state index is -1.71. The molecule has 1 aliphatic heterocycles. The minimum Gasteiger partial charge on any atom is -0.373 e. The Labute approximate surface area is 198 Å². The van der Waals surface area contributed by atoms with E-state index in [1.54, 1.807) is 43.8 Å². The van der Waals surface area contributed by atoms with E-state index in [0.717, 1.165) is 11.2 Å². The van der Waals surface area contributed by atoms with Gasteiger partial charge in [0.25, 0.3) is 5.91 Å². The van der Waals surface area contributed by atoms with Crippen molar-refractivity contribution in [2.45, 2.75) is 12.0 Å². The highest BCUT2D eigenvalue weighted by Crippen LogP contribution is 2.34. The average Bonchev–Trinajstić information content (AvgIpc) is 3.61. The largest absolute Gasteiger partial charge is 0.373 e. The van der Waals surface area contributed by atoms with Gasteiger partial charge in [-0.3, -0.25) is 4.79 Å². The fourth-order valence-corrected chi connectivity index (χ4v) is 4.00. The molecule has 0 aromatic carbocycles. The molecule has 0 spiro atoms. The van der Waals surface area contributed by atoms with E-state index < -0.39 is 11.5 Å². The number of aromatic nitrogens is 7. The summed E-state index contributed by atoms with van der Waals surface area (Å²) in [5, 5.41) is 26.4. The van der Waals surface area contributed by atoms with Gasteiger partial charge >= 0.3 is 0 Å². The highest BCUT2D eigenvalue weighted by Gasteiger charge is 2.48. The van der Waals surface area contributed by atoms with Crippen LogP contribution in [0.5, 0.6) is 0 Å². The second-order valence-corrected chi connectivity index (χ2v) is 8.17. The van der Waals surface area contributed by atoms with Gasteiger partial charge in [0.2, 0.25) is 11.5 Å². The van der Waals surface area contributed by atoms with Gasteiger partial charge in [0.15, 0.2) is 5.76 Å². The van der Waals surface area contributed by atoms with Crippen LogP contribution in [0.4, 0.5) is 11.6 Å². The van der Waals surface area contributed by atoms with Crippen LogP contribution in [-0.4, -0.2) is 64.4 Å². The Morgan fingerprint density at radius 2 is 1.86 bits per heavy atom. The Bertz CT molecular complexity index is 1560. The number of hydrogen-bond donors (Lipinski definition) is 2. The first-order valence-corrected chi connectivity index (χ1v) is 10.8. The van der Waals surface area contributed by atoms with Gasteiger partial charge in [-0.1, -0.05) is 11.2 Å². The molecule has 12 heteroatoms. The van der Waals surface area contributed by atoms with Crippen molar-refractivity contribution in [1.82, 2.24) is 39.8 Å². The van der Waals surface area contributed by atoms with E-state index in [1.807, 2.05) is 24.3 Å². The molecular weight excluding hydrogens is 450 g/mol. The van der Waals surface area contributed by atoms with Crippen molar-refractivity contribution in [3.8, 4) is 22.8 Å². The van der Waals surface area contributed by atoms with Crippen molar-refractivity contribution in [3.05, 3.63) is 66.8 Å². The first-order chi connectivity index (χ1) is 17.0. The summed E-state index contributed by atoms with van der Waals surface area (Å²) in [6.07, 6.45) is 5.18. The fourth-order valence-electron chi connectivity index (χ4n) is 4.00. The Morgan fingerprint density at radius 1 is 1.03 bits per heavy atom. The minimum absolute atomic E-state index is 0.102. The molecule has 6 heterocycles. The Morgan fingerprint density at radius 3 is 2.69 bits per heavy atom. The molecule has 5 aromatic heterocycles. The van der Waals surface area contributed by atoms with E-state index in [1.165, 1.54) is 9.53 Å². The highest BCUT2D eigenvalue weighted by atomic mass is 16.5. The first kappa shape index (κ1) is 20.9. The van der Waals surface area contributed by atoms with Gasteiger partial charge < -0.3 is 19.8 Å². The molecule has 1 saturated heterocycles. The second-order valence-electron chi connectivity index (χ2n) is 8.17. The zero-order chi connectivity index (χ0) is 24.0. The van der Waals surface area contributed by atoms with Crippen LogP contribution >= 0.6 is 0 Å². The molecule has 0 saturated carbocycles. The lowest BCUT2D eigenvalue weighted by Gasteiger charge is -2.16. The number of hydrogen-bond acceptors (Lipinski definition) is 10. The van der Waals surface area contributed by atoms with Crippen molar-refractivity contribution < 1.29 is 14.4 Å². The summed E-state index contributed by atoms with van der Waals surface area (Å²) >= 11 is 0. The molecule has 1 amide bonds. The van der Waals surface area contributed by atoms with Crippen LogP contribution in [0.3, 0.4) is 0 Å². The third kappa shape index (κ3) is 3.56. The molecule has 0 radical (unpaired) electrons. The second kappa shape index (κ2) is 7.95. The molecule has 6 rings (SSSR count). The lowest BCUT2D eigenvalue weighted by atomic mass is 9.98. The van der Waals surface area contributed by atoms with E-state index in [9.17, 15) is 9.90 Å². The summed E-state index contributed by atoms with van der Waals surface area (Å²) in [6, 6.07) is 12.4. The summed E-state index contributed by atoms with van der Waals surface area (Å²) in [6.45, 7) is 0.439. The number of amides is 1. The van der Waals surface area contributed by atoms with E-state index in [2.05, 4.69) is 35.6 Å². The van der Waals surface area contributed by atoms with Gasteiger partial charge in [0, 0.05) is 38.5 Å². The first-order valence-electron chi connectivity index (χ1n) is 10.8. The third-order valence-electron chi connectivity index (χ3n) is 5.91. The quantitative estimate of drug-likeness (QED) is 0.392. The fraction of sp³-hybridized carbons (Fsp3) is 0.174. The molecule has 0 unspecified atom stereocenters. The molecule has 35 heavy (non-hydrogen) atoms. The van der Waals surface area contributed by atoms with Crippen LogP contribution in [0.2, 0.25) is 0 Å². The molecule has 1 aliphatic rings. The summed E-state index contributed by atoms with van der Waals surface area (Å²) in [4.78, 5) is 27.4. The zero-order valence-corrected chi connectivity index (χ0v) is 18.5. The predicted molar refractivity (Wildman–Crippen MR) is 123 cm³/mol. The third-order valence-corrected chi connectivity index (χ3v) is 5.91. The van der Waals surface area contributed by atoms with Gasteiger partial charge in [0.05, 0.1) is 29.0 Å². The molecule has 1 atom stereocenters.